The SMILES string of the molecule is CCOC(=O)C=C[C@]1(C)S[C@@H]2CC(=O)N2[C@H]1C(=O)O. The Bertz CT molecular complexity index is 463. The quantitative estimate of drug-likeness (QED) is 0.463. The fourth-order valence-electron chi connectivity index (χ4n) is 2.36. The molecule has 0 spiro atoms. The van der Waals surface area contributed by atoms with Gasteiger partial charge in [-0.2, -0.15) is 0 Å². The number of ether oxygens (including phenoxy) is 1. The average molecular weight is 285 g/mol. The number of carbonyl (C=O) groups is 3. The van der Waals surface area contributed by atoms with Gasteiger partial charge in [0.1, 0.15) is 6.04 Å². The van der Waals surface area contributed by atoms with Gasteiger partial charge in [0.05, 0.1) is 23.1 Å². The molecule has 6 nitrogen and oxygen atoms in total. The van der Waals surface area contributed by atoms with Crippen LogP contribution >= 0.6 is 11.8 Å². The number of aliphatic carboxylic acids is 1. The number of fused-ring (bicyclic) bond motifs is 1. The van der Waals surface area contributed by atoms with Gasteiger partial charge in [0.25, 0.3) is 0 Å². The number of amides is 1. The summed E-state index contributed by atoms with van der Waals surface area (Å²) in [5.41, 5.74) is 0. The molecule has 0 aliphatic carbocycles. The van der Waals surface area contributed by atoms with Gasteiger partial charge in [-0.3, -0.25) is 4.79 Å². The maximum atomic E-state index is 11.5. The highest BCUT2D eigenvalue weighted by Gasteiger charge is 2.59. The van der Waals surface area contributed by atoms with E-state index >= 15 is 0 Å². The monoisotopic (exact) mass is 285 g/mol. The molecule has 1 N–H and O–H groups in total. The van der Waals surface area contributed by atoms with Crippen LogP contribution in [0.4, 0.5) is 0 Å². The first-order chi connectivity index (χ1) is 8.89. The molecule has 0 bridgehead atoms. The molecule has 7 heteroatoms. The molecule has 2 rings (SSSR count). The van der Waals surface area contributed by atoms with Gasteiger partial charge in [0.15, 0.2) is 0 Å². The number of hydrogen-bond donors (Lipinski definition) is 1. The summed E-state index contributed by atoms with van der Waals surface area (Å²) in [6.45, 7) is 3.68. The van der Waals surface area contributed by atoms with Gasteiger partial charge in [-0.05, 0) is 13.8 Å². The molecule has 0 aromatic rings. The standard InChI is InChI=1S/C12H15NO5S/c1-3-18-9(15)4-5-12(2)10(11(16)17)13-7(14)6-8(13)19-12/h4-5,8,10H,3,6H2,1-2H3,(H,16,17)/t8-,10+,12+/m1/s1. The second kappa shape index (κ2) is 4.88. The first-order valence-corrected chi connectivity index (χ1v) is 6.85. The predicted octanol–water partition coefficient (Wildman–Crippen LogP) is 0.623. The number of β-lactam (4-membered cyclic amide) rings is 1. The lowest BCUT2D eigenvalue weighted by Gasteiger charge is -2.36. The number of rotatable bonds is 4. The van der Waals surface area contributed by atoms with Crippen LogP contribution in [-0.2, 0) is 19.1 Å². The van der Waals surface area contributed by atoms with E-state index in [1.165, 1.54) is 28.8 Å². The van der Waals surface area contributed by atoms with Gasteiger partial charge in [-0.25, -0.2) is 9.59 Å². The Balaban J connectivity index is 2.19. The molecule has 19 heavy (non-hydrogen) atoms. The lowest BCUT2D eigenvalue weighted by atomic mass is 9.96. The largest absolute Gasteiger partial charge is 0.480 e. The molecule has 2 aliphatic heterocycles. The van der Waals surface area contributed by atoms with Crippen molar-refractivity contribution in [1.29, 1.82) is 0 Å². The van der Waals surface area contributed by atoms with E-state index in [0.717, 1.165) is 0 Å². The van der Waals surface area contributed by atoms with Crippen molar-refractivity contribution in [3.8, 4) is 0 Å². The van der Waals surface area contributed by atoms with Gasteiger partial charge in [-0.15, -0.1) is 11.8 Å². The molecule has 0 aromatic carbocycles. The van der Waals surface area contributed by atoms with Crippen LogP contribution < -0.4 is 0 Å². The zero-order valence-corrected chi connectivity index (χ0v) is 11.5. The maximum absolute atomic E-state index is 11.5. The molecule has 0 unspecified atom stereocenters. The Morgan fingerprint density at radius 1 is 1.63 bits per heavy atom. The zero-order valence-electron chi connectivity index (χ0n) is 10.7. The van der Waals surface area contributed by atoms with Crippen LogP contribution in [0.1, 0.15) is 20.3 Å². The second-order valence-electron chi connectivity index (χ2n) is 4.59. The molecule has 1 amide bonds. The number of nitrogens with zero attached hydrogens (tertiary/aromatic N) is 1. The summed E-state index contributed by atoms with van der Waals surface area (Å²) < 4.78 is 3.96. The molecule has 0 saturated carbocycles. The van der Waals surface area contributed by atoms with Crippen molar-refractivity contribution in [1.82, 2.24) is 4.90 Å². The summed E-state index contributed by atoms with van der Waals surface area (Å²) >= 11 is 1.39. The van der Waals surface area contributed by atoms with Crippen LogP contribution in [-0.4, -0.2) is 50.6 Å². The number of hydrogen-bond acceptors (Lipinski definition) is 5. The molecule has 3 atom stereocenters. The van der Waals surface area contributed by atoms with Crippen molar-refractivity contribution in [2.45, 2.75) is 36.4 Å². The Hall–Kier alpha value is -1.50. The van der Waals surface area contributed by atoms with Gasteiger partial charge < -0.3 is 14.7 Å². The lowest BCUT2D eigenvalue weighted by Crippen LogP contribution is -2.57. The molecular formula is C12H15NO5S. The topological polar surface area (TPSA) is 83.9 Å². The summed E-state index contributed by atoms with van der Waals surface area (Å²) in [6, 6.07) is -0.936. The number of carboxylic acids is 1. The third kappa shape index (κ3) is 2.34. The van der Waals surface area contributed by atoms with Crippen LogP contribution in [0.2, 0.25) is 0 Å². The van der Waals surface area contributed by atoms with Crippen LogP contribution in [0.3, 0.4) is 0 Å². The lowest BCUT2D eigenvalue weighted by molar-refractivity contribution is -0.156. The smallest absolute Gasteiger partial charge is 0.330 e. The summed E-state index contributed by atoms with van der Waals surface area (Å²) in [6.07, 6.45) is 3.13. The van der Waals surface area contributed by atoms with E-state index in [4.69, 9.17) is 4.74 Å². The second-order valence-corrected chi connectivity index (χ2v) is 6.25. The molecule has 0 aromatic heterocycles. The average Bonchev–Trinajstić information content (AvgIpc) is 2.56. The minimum absolute atomic E-state index is 0.106. The third-order valence-corrected chi connectivity index (χ3v) is 4.76. The number of carbonyl (C=O) groups excluding carboxylic acids is 2. The van der Waals surface area contributed by atoms with E-state index in [9.17, 15) is 19.5 Å². The van der Waals surface area contributed by atoms with Crippen LogP contribution in [0, 0.1) is 0 Å². The minimum atomic E-state index is -1.06. The normalized spacial score (nSPS) is 33.2. The highest BCUT2D eigenvalue weighted by molar-refractivity contribution is 8.01. The molecule has 0 radical (unpaired) electrons. The maximum Gasteiger partial charge on any atom is 0.330 e. The highest BCUT2D eigenvalue weighted by atomic mass is 32.2. The fourth-order valence-corrected chi connectivity index (χ4v) is 4.02. The van der Waals surface area contributed by atoms with Crippen LogP contribution in [0.25, 0.3) is 0 Å². The van der Waals surface area contributed by atoms with Crippen molar-refractivity contribution in [3.05, 3.63) is 12.2 Å². The van der Waals surface area contributed by atoms with E-state index in [0.29, 0.717) is 6.42 Å². The number of thioether (sulfide) groups is 1. The Morgan fingerprint density at radius 3 is 2.84 bits per heavy atom. The van der Waals surface area contributed by atoms with E-state index in [-0.39, 0.29) is 17.9 Å². The summed E-state index contributed by atoms with van der Waals surface area (Å²) in [4.78, 5) is 35.5. The highest BCUT2D eigenvalue weighted by Crippen LogP contribution is 2.51. The van der Waals surface area contributed by atoms with Gasteiger partial charge >= 0.3 is 11.9 Å². The summed E-state index contributed by atoms with van der Waals surface area (Å²) in [5.74, 6) is -1.72. The summed E-state index contributed by atoms with van der Waals surface area (Å²) in [5, 5.41) is 9.19. The van der Waals surface area contributed by atoms with Crippen molar-refractivity contribution in [2.24, 2.45) is 0 Å². The molecule has 2 fully saturated rings. The Kier molecular flexibility index (Phi) is 3.58. The van der Waals surface area contributed by atoms with Crippen LogP contribution in [0.5, 0.6) is 0 Å². The van der Waals surface area contributed by atoms with Crippen molar-refractivity contribution >= 4 is 29.6 Å². The molecule has 2 saturated heterocycles. The third-order valence-electron chi connectivity index (χ3n) is 3.23. The molecule has 104 valence electrons. The van der Waals surface area contributed by atoms with Gasteiger partial charge in [0.2, 0.25) is 5.91 Å². The van der Waals surface area contributed by atoms with E-state index in [2.05, 4.69) is 0 Å². The zero-order chi connectivity index (χ0) is 14.2. The number of carboxylic acid groups (broad SMARTS) is 1. The molecule has 2 heterocycles. The van der Waals surface area contributed by atoms with E-state index in [1.807, 2.05) is 0 Å². The van der Waals surface area contributed by atoms with Gasteiger partial charge in [-0.1, -0.05) is 6.08 Å². The molecular weight excluding hydrogens is 270 g/mol. The minimum Gasteiger partial charge on any atom is -0.480 e. The van der Waals surface area contributed by atoms with Crippen LogP contribution in [0.15, 0.2) is 12.2 Å². The first kappa shape index (κ1) is 13.9. The first-order valence-electron chi connectivity index (χ1n) is 5.97. The van der Waals surface area contributed by atoms with Crippen molar-refractivity contribution in [3.63, 3.8) is 0 Å². The van der Waals surface area contributed by atoms with Crippen molar-refractivity contribution < 1.29 is 24.2 Å². The summed E-state index contributed by atoms with van der Waals surface area (Å²) in [7, 11) is 0. The van der Waals surface area contributed by atoms with Gasteiger partial charge in [0, 0.05) is 6.08 Å². The Morgan fingerprint density at radius 2 is 2.32 bits per heavy atom. The predicted molar refractivity (Wildman–Crippen MR) is 68.4 cm³/mol. The van der Waals surface area contributed by atoms with E-state index in [1.54, 1.807) is 13.8 Å². The van der Waals surface area contributed by atoms with E-state index < -0.39 is 22.7 Å². The van der Waals surface area contributed by atoms with Crippen molar-refractivity contribution in [2.75, 3.05) is 6.61 Å². The number of esters is 1. The molecule has 2 aliphatic rings. The Labute approximate surface area is 114 Å². The fraction of sp³-hybridized carbons (Fsp3) is 0.583.